The van der Waals surface area contributed by atoms with E-state index in [0.717, 1.165) is 24.0 Å². The van der Waals surface area contributed by atoms with Gasteiger partial charge in [-0.05, 0) is 55.9 Å². The molecule has 22 heavy (non-hydrogen) atoms. The quantitative estimate of drug-likeness (QED) is 0.872. The number of carbonyl (C=O) groups is 1. The minimum absolute atomic E-state index is 0.00383. The van der Waals surface area contributed by atoms with E-state index >= 15 is 0 Å². The van der Waals surface area contributed by atoms with Gasteiger partial charge in [0.2, 0.25) is 0 Å². The minimum atomic E-state index is -0.488. The van der Waals surface area contributed by atoms with Crippen molar-refractivity contribution >= 4 is 6.09 Å². The van der Waals surface area contributed by atoms with Gasteiger partial charge in [-0.3, -0.25) is 0 Å². The third-order valence-corrected chi connectivity index (χ3v) is 3.69. The summed E-state index contributed by atoms with van der Waals surface area (Å²) in [5, 5.41) is 9.43. The van der Waals surface area contributed by atoms with Crippen LogP contribution in [-0.4, -0.2) is 28.2 Å². The molecular weight excluding hydrogens is 278 g/mol. The molecule has 1 aliphatic rings. The molecule has 1 N–H and O–H groups in total. The molecule has 0 unspecified atom stereocenters. The van der Waals surface area contributed by atoms with Gasteiger partial charge in [0.1, 0.15) is 5.60 Å². The van der Waals surface area contributed by atoms with E-state index < -0.39 is 5.60 Å². The lowest BCUT2D eigenvalue weighted by Gasteiger charge is -2.32. The zero-order valence-electron chi connectivity index (χ0n) is 13.7. The summed E-state index contributed by atoms with van der Waals surface area (Å²) in [6, 6.07) is 4.02. The van der Waals surface area contributed by atoms with Crippen LogP contribution < -0.4 is 0 Å². The van der Waals surface area contributed by atoms with Crippen LogP contribution in [0, 0.1) is 0 Å². The molecule has 1 aliphatic heterocycles. The summed E-state index contributed by atoms with van der Waals surface area (Å²) in [5.41, 5.74) is 3.96. The van der Waals surface area contributed by atoms with Crippen LogP contribution in [0.1, 0.15) is 43.0 Å². The molecular formula is C18H25NO3. The summed E-state index contributed by atoms with van der Waals surface area (Å²) < 4.78 is 5.45. The smallest absolute Gasteiger partial charge is 0.410 e. The van der Waals surface area contributed by atoms with Crippen molar-refractivity contribution < 1.29 is 14.6 Å². The molecule has 120 valence electrons. The van der Waals surface area contributed by atoms with Gasteiger partial charge >= 0.3 is 6.09 Å². The maximum atomic E-state index is 12.2. The first kappa shape index (κ1) is 16.6. The van der Waals surface area contributed by atoms with Crippen LogP contribution in [-0.2, 0) is 30.7 Å². The Balaban J connectivity index is 2.24. The van der Waals surface area contributed by atoms with Crippen molar-refractivity contribution in [2.75, 3.05) is 6.54 Å². The number of fused-ring (bicyclic) bond motifs is 1. The lowest BCUT2D eigenvalue weighted by atomic mass is 9.91. The molecule has 4 nitrogen and oxygen atoms in total. The van der Waals surface area contributed by atoms with Crippen molar-refractivity contribution in [2.24, 2.45) is 0 Å². The molecule has 0 bridgehead atoms. The summed E-state index contributed by atoms with van der Waals surface area (Å²) in [6.45, 7) is 10.6. The maximum Gasteiger partial charge on any atom is 0.410 e. The fourth-order valence-electron chi connectivity index (χ4n) is 2.77. The number of allylic oxidation sites excluding steroid dienone is 1. The number of amides is 1. The van der Waals surface area contributed by atoms with E-state index in [9.17, 15) is 9.90 Å². The highest BCUT2D eigenvalue weighted by Crippen LogP contribution is 2.26. The van der Waals surface area contributed by atoms with Gasteiger partial charge in [-0.1, -0.05) is 18.2 Å². The highest BCUT2D eigenvalue weighted by atomic mass is 16.6. The van der Waals surface area contributed by atoms with Crippen LogP contribution >= 0.6 is 0 Å². The van der Waals surface area contributed by atoms with E-state index in [0.29, 0.717) is 13.1 Å². The van der Waals surface area contributed by atoms with Gasteiger partial charge in [0.15, 0.2) is 0 Å². The van der Waals surface area contributed by atoms with Gasteiger partial charge < -0.3 is 14.7 Å². The molecule has 0 saturated carbocycles. The summed E-state index contributed by atoms with van der Waals surface area (Å²) in [7, 11) is 0. The van der Waals surface area contributed by atoms with Crippen molar-refractivity contribution in [3.05, 3.63) is 47.0 Å². The Labute approximate surface area is 132 Å². The fourth-order valence-corrected chi connectivity index (χ4v) is 2.77. The Kier molecular flexibility index (Phi) is 4.91. The van der Waals surface area contributed by atoms with E-state index in [1.54, 1.807) is 4.90 Å². The zero-order chi connectivity index (χ0) is 16.3. The molecule has 1 amide bonds. The van der Waals surface area contributed by atoms with Crippen LogP contribution in [0.4, 0.5) is 4.79 Å². The van der Waals surface area contributed by atoms with Crippen molar-refractivity contribution in [1.29, 1.82) is 0 Å². The topological polar surface area (TPSA) is 49.8 Å². The molecule has 1 aromatic carbocycles. The molecule has 0 spiro atoms. The van der Waals surface area contributed by atoms with Crippen LogP contribution in [0.15, 0.2) is 24.8 Å². The van der Waals surface area contributed by atoms with Crippen LogP contribution in [0.3, 0.4) is 0 Å². The fraction of sp³-hybridized carbons (Fsp3) is 0.500. The van der Waals surface area contributed by atoms with Gasteiger partial charge in [0.25, 0.3) is 0 Å². The monoisotopic (exact) mass is 303 g/mol. The normalized spacial score (nSPS) is 14.5. The number of aliphatic hydroxyl groups excluding tert-OH is 1. The second-order valence-corrected chi connectivity index (χ2v) is 6.70. The maximum absolute atomic E-state index is 12.2. The Morgan fingerprint density at radius 3 is 2.77 bits per heavy atom. The highest BCUT2D eigenvalue weighted by molar-refractivity contribution is 5.69. The van der Waals surface area contributed by atoms with E-state index in [1.807, 2.05) is 39.0 Å². The summed E-state index contributed by atoms with van der Waals surface area (Å²) in [4.78, 5) is 14.0. The second-order valence-electron chi connectivity index (χ2n) is 6.70. The number of aliphatic hydroxyl groups is 1. The lowest BCUT2D eigenvalue weighted by molar-refractivity contribution is 0.0223. The molecule has 0 aliphatic carbocycles. The molecule has 4 heteroatoms. The third-order valence-electron chi connectivity index (χ3n) is 3.69. The molecule has 0 saturated heterocycles. The summed E-state index contributed by atoms with van der Waals surface area (Å²) >= 11 is 0. The molecule has 1 aromatic rings. The van der Waals surface area contributed by atoms with Crippen molar-refractivity contribution in [1.82, 2.24) is 4.90 Å². The predicted molar refractivity (Wildman–Crippen MR) is 86.6 cm³/mol. The number of hydrogen-bond acceptors (Lipinski definition) is 3. The van der Waals surface area contributed by atoms with Crippen molar-refractivity contribution in [3.63, 3.8) is 0 Å². The minimum Gasteiger partial charge on any atom is -0.444 e. The first-order valence-corrected chi connectivity index (χ1v) is 7.67. The standard InChI is InChI=1S/C18H25NO3/c1-5-6-14-9-13(12-20)10-15-11-19(8-7-16(14)15)17(21)22-18(2,3)4/h5,9-10,20H,1,6-8,11-12H2,2-4H3. The van der Waals surface area contributed by atoms with E-state index in [2.05, 4.69) is 6.58 Å². The largest absolute Gasteiger partial charge is 0.444 e. The Morgan fingerprint density at radius 1 is 1.45 bits per heavy atom. The van der Waals surface area contributed by atoms with Crippen molar-refractivity contribution in [2.45, 2.75) is 52.4 Å². The number of carbonyl (C=O) groups excluding carboxylic acids is 1. The average molecular weight is 303 g/mol. The molecule has 2 rings (SSSR count). The second kappa shape index (κ2) is 6.53. The number of benzene rings is 1. The first-order chi connectivity index (χ1) is 10.3. The summed E-state index contributed by atoms with van der Waals surface area (Å²) in [5.74, 6) is 0. The molecule has 0 aromatic heterocycles. The Hall–Kier alpha value is -1.81. The van der Waals surface area contributed by atoms with Gasteiger partial charge in [0, 0.05) is 13.1 Å². The molecule has 0 fully saturated rings. The highest BCUT2D eigenvalue weighted by Gasteiger charge is 2.26. The van der Waals surface area contributed by atoms with Crippen molar-refractivity contribution in [3.8, 4) is 0 Å². The number of ether oxygens (including phenoxy) is 1. The van der Waals surface area contributed by atoms with Gasteiger partial charge in [-0.2, -0.15) is 0 Å². The van der Waals surface area contributed by atoms with E-state index in [-0.39, 0.29) is 12.7 Å². The summed E-state index contributed by atoms with van der Waals surface area (Å²) in [6.07, 6.45) is 3.18. The number of hydrogen-bond donors (Lipinski definition) is 1. The molecule has 0 radical (unpaired) electrons. The van der Waals surface area contributed by atoms with Gasteiger partial charge in [0.05, 0.1) is 6.61 Å². The first-order valence-electron chi connectivity index (χ1n) is 7.67. The predicted octanol–water partition coefficient (Wildman–Crippen LogP) is 3.20. The van der Waals surface area contributed by atoms with Crippen LogP contribution in [0.25, 0.3) is 0 Å². The van der Waals surface area contributed by atoms with Crippen LogP contribution in [0.2, 0.25) is 0 Å². The lowest BCUT2D eigenvalue weighted by Crippen LogP contribution is -2.40. The Morgan fingerprint density at radius 2 is 2.18 bits per heavy atom. The van der Waals surface area contributed by atoms with E-state index in [4.69, 9.17) is 4.74 Å². The molecule has 0 atom stereocenters. The zero-order valence-corrected chi connectivity index (χ0v) is 13.7. The Bertz CT molecular complexity index is 572. The third kappa shape index (κ3) is 3.89. The number of nitrogens with zero attached hydrogens (tertiary/aromatic N) is 1. The van der Waals surface area contributed by atoms with Gasteiger partial charge in [-0.15, -0.1) is 6.58 Å². The SMILES string of the molecule is C=CCc1cc(CO)cc2c1CCN(C(=O)OC(C)(C)C)C2. The number of rotatable bonds is 3. The van der Waals surface area contributed by atoms with E-state index in [1.165, 1.54) is 11.1 Å². The van der Waals surface area contributed by atoms with Gasteiger partial charge in [-0.25, -0.2) is 4.79 Å². The average Bonchev–Trinajstić information content (AvgIpc) is 2.44. The molecule has 1 heterocycles. The van der Waals surface area contributed by atoms with Crippen LogP contribution in [0.5, 0.6) is 0 Å².